The standard InChI is InChI=1S/C19H21N3O4/c1-2-20-17(23)10-21-18(24)11-26-19(25)14-9-16(12-7-8-12)22-15-6-4-3-5-13(14)15/h3-6,9,12H,2,7-8,10-11H2,1H3,(H,20,23)(H,21,24). The van der Waals surface area contributed by atoms with Crippen molar-refractivity contribution < 1.29 is 19.1 Å². The molecule has 2 aromatic rings. The third-order valence-electron chi connectivity index (χ3n) is 4.11. The molecule has 1 aliphatic rings. The first kappa shape index (κ1) is 17.8. The molecule has 3 rings (SSSR count). The second kappa shape index (κ2) is 7.95. The average Bonchev–Trinajstić information content (AvgIpc) is 3.49. The van der Waals surface area contributed by atoms with Gasteiger partial charge in [0.1, 0.15) is 0 Å². The molecule has 7 heteroatoms. The van der Waals surface area contributed by atoms with Crippen LogP contribution in [0.5, 0.6) is 0 Å². The number of pyridine rings is 1. The molecule has 0 spiro atoms. The summed E-state index contributed by atoms with van der Waals surface area (Å²) < 4.78 is 5.13. The molecule has 2 amide bonds. The summed E-state index contributed by atoms with van der Waals surface area (Å²) in [5.74, 6) is -0.989. The molecule has 1 heterocycles. The molecular formula is C19H21N3O4. The molecule has 1 saturated carbocycles. The van der Waals surface area contributed by atoms with E-state index in [4.69, 9.17) is 4.74 Å². The number of hydrogen-bond acceptors (Lipinski definition) is 5. The first-order valence-electron chi connectivity index (χ1n) is 8.68. The van der Waals surface area contributed by atoms with Crippen molar-refractivity contribution in [3.63, 3.8) is 0 Å². The van der Waals surface area contributed by atoms with Crippen molar-refractivity contribution in [3.05, 3.63) is 41.6 Å². The van der Waals surface area contributed by atoms with Gasteiger partial charge in [-0.3, -0.25) is 14.6 Å². The highest BCUT2D eigenvalue weighted by Crippen LogP contribution is 2.40. The number of benzene rings is 1. The van der Waals surface area contributed by atoms with Gasteiger partial charge in [0.15, 0.2) is 6.61 Å². The van der Waals surface area contributed by atoms with Crippen LogP contribution in [0.3, 0.4) is 0 Å². The Morgan fingerprint density at radius 3 is 2.65 bits per heavy atom. The van der Waals surface area contributed by atoms with Crippen LogP contribution in [0.2, 0.25) is 0 Å². The molecule has 1 aromatic carbocycles. The molecule has 0 saturated heterocycles. The van der Waals surface area contributed by atoms with Gasteiger partial charge in [0.25, 0.3) is 5.91 Å². The number of aromatic nitrogens is 1. The van der Waals surface area contributed by atoms with Crippen LogP contribution in [-0.4, -0.2) is 42.5 Å². The van der Waals surface area contributed by atoms with Crippen molar-refractivity contribution in [2.45, 2.75) is 25.7 Å². The molecule has 26 heavy (non-hydrogen) atoms. The van der Waals surface area contributed by atoms with E-state index in [1.165, 1.54) is 0 Å². The molecular weight excluding hydrogens is 334 g/mol. The zero-order valence-corrected chi connectivity index (χ0v) is 14.6. The van der Waals surface area contributed by atoms with Crippen molar-refractivity contribution in [3.8, 4) is 0 Å². The summed E-state index contributed by atoms with van der Waals surface area (Å²) in [7, 11) is 0. The lowest BCUT2D eigenvalue weighted by molar-refractivity contribution is -0.127. The lowest BCUT2D eigenvalue weighted by Gasteiger charge is -2.10. The summed E-state index contributed by atoms with van der Waals surface area (Å²) in [4.78, 5) is 40.2. The Labute approximate surface area is 151 Å². The zero-order valence-electron chi connectivity index (χ0n) is 14.6. The minimum Gasteiger partial charge on any atom is -0.452 e. The van der Waals surface area contributed by atoms with Gasteiger partial charge in [-0.2, -0.15) is 0 Å². The Balaban J connectivity index is 1.66. The number of likely N-dealkylation sites (N-methyl/N-ethyl adjacent to an activating group) is 1. The number of para-hydroxylation sites is 1. The van der Waals surface area contributed by atoms with E-state index in [1.807, 2.05) is 24.3 Å². The van der Waals surface area contributed by atoms with Crippen LogP contribution in [0.25, 0.3) is 10.9 Å². The summed E-state index contributed by atoms with van der Waals surface area (Å²) >= 11 is 0. The molecule has 1 aliphatic carbocycles. The second-order valence-corrected chi connectivity index (χ2v) is 6.19. The maximum Gasteiger partial charge on any atom is 0.339 e. The van der Waals surface area contributed by atoms with Gasteiger partial charge < -0.3 is 15.4 Å². The van der Waals surface area contributed by atoms with Gasteiger partial charge >= 0.3 is 5.97 Å². The van der Waals surface area contributed by atoms with Crippen molar-refractivity contribution in [2.75, 3.05) is 19.7 Å². The number of ether oxygens (including phenoxy) is 1. The molecule has 1 aromatic heterocycles. The fraction of sp³-hybridized carbons (Fsp3) is 0.368. The number of esters is 1. The monoisotopic (exact) mass is 355 g/mol. The third-order valence-corrected chi connectivity index (χ3v) is 4.11. The molecule has 0 atom stereocenters. The highest BCUT2D eigenvalue weighted by Gasteiger charge is 2.27. The van der Waals surface area contributed by atoms with Crippen LogP contribution in [0, 0.1) is 0 Å². The van der Waals surface area contributed by atoms with Crippen LogP contribution < -0.4 is 10.6 Å². The average molecular weight is 355 g/mol. The van der Waals surface area contributed by atoms with Gasteiger partial charge in [0.05, 0.1) is 17.6 Å². The number of hydrogen-bond donors (Lipinski definition) is 2. The van der Waals surface area contributed by atoms with E-state index >= 15 is 0 Å². The van der Waals surface area contributed by atoms with Crippen LogP contribution in [0.4, 0.5) is 0 Å². The van der Waals surface area contributed by atoms with Gasteiger partial charge in [0, 0.05) is 23.5 Å². The van der Waals surface area contributed by atoms with E-state index in [2.05, 4.69) is 15.6 Å². The minimum atomic E-state index is -0.571. The Morgan fingerprint density at radius 1 is 1.15 bits per heavy atom. The number of carbonyl (C=O) groups excluding carboxylic acids is 3. The topological polar surface area (TPSA) is 97.4 Å². The van der Waals surface area contributed by atoms with E-state index in [1.54, 1.807) is 13.0 Å². The number of nitrogens with zero attached hydrogens (tertiary/aromatic N) is 1. The summed E-state index contributed by atoms with van der Waals surface area (Å²) in [5, 5.41) is 5.68. The molecule has 0 unspecified atom stereocenters. The van der Waals surface area contributed by atoms with E-state index in [0.29, 0.717) is 23.4 Å². The van der Waals surface area contributed by atoms with Gasteiger partial charge in [-0.25, -0.2) is 4.79 Å². The van der Waals surface area contributed by atoms with E-state index in [-0.39, 0.29) is 12.5 Å². The first-order valence-corrected chi connectivity index (χ1v) is 8.68. The van der Waals surface area contributed by atoms with Crippen LogP contribution >= 0.6 is 0 Å². The first-order chi connectivity index (χ1) is 12.6. The number of rotatable bonds is 7. The summed E-state index contributed by atoms with van der Waals surface area (Å²) in [6, 6.07) is 9.13. The predicted octanol–water partition coefficient (Wildman–Crippen LogP) is 1.52. The molecule has 0 aliphatic heterocycles. The molecule has 1 fully saturated rings. The lowest BCUT2D eigenvalue weighted by atomic mass is 10.1. The largest absolute Gasteiger partial charge is 0.452 e. The quantitative estimate of drug-likeness (QED) is 0.734. The zero-order chi connectivity index (χ0) is 18.5. The Bertz CT molecular complexity index is 846. The fourth-order valence-corrected chi connectivity index (χ4v) is 2.65. The molecule has 0 bridgehead atoms. The third kappa shape index (κ3) is 4.36. The lowest BCUT2D eigenvalue weighted by Crippen LogP contribution is -2.38. The highest BCUT2D eigenvalue weighted by molar-refractivity contribution is 6.04. The maximum absolute atomic E-state index is 12.5. The van der Waals surface area contributed by atoms with Crippen molar-refractivity contribution in [1.29, 1.82) is 0 Å². The number of amides is 2. The van der Waals surface area contributed by atoms with E-state index in [0.717, 1.165) is 24.1 Å². The summed E-state index contributed by atoms with van der Waals surface area (Å²) in [5.41, 5.74) is 2.04. The minimum absolute atomic E-state index is 0.145. The van der Waals surface area contributed by atoms with E-state index < -0.39 is 18.5 Å². The SMILES string of the molecule is CCNC(=O)CNC(=O)COC(=O)c1cc(C2CC2)nc2ccccc12. The van der Waals surface area contributed by atoms with Crippen LogP contribution in [0.15, 0.2) is 30.3 Å². The maximum atomic E-state index is 12.5. The normalized spacial score (nSPS) is 13.3. The van der Waals surface area contributed by atoms with Crippen molar-refractivity contribution >= 4 is 28.7 Å². The predicted molar refractivity (Wildman–Crippen MR) is 95.7 cm³/mol. The Hall–Kier alpha value is -2.96. The van der Waals surface area contributed by atoms with Gasteiger partial charge in [-0.15, -0.1) is 0 Å². The Kier molecular flexibility index (Phi) is 5.46. The number of fused-ring (bicyclic) bond motifs is 1. The molecule has 2 N–H and O–H groups in total. The molecule has 0 radical (unpaired) electrons. The second-order valence-electron chi connectivity index (χ2n) is 6.19. The van der Waals surface area contributed by atoms with Crippen LogP contribution in [-0.2, 0) is 14.3 Å². The summed E-state index contributed by atoms with van der Waals surface area (Å²) in [6.45, 7) is 1.69. The highest BCUT2D eigenvalue weighted by atomic mass is 16.5. The van der Waals surface area contributed by atoms with Gasteiger partial charge in [0.2, 0.25) is 5.91 Å². The molecule has 136 valence electrons. The Morgan fingerprint density at radius 2 is 1.92 bits per heavy atom. The summed E-state index contributed by atoms with van der Waals surface area (Å²) in [6.07, 6.45) is 2.14. The van der Waals surface area contributed by atoms with Crippen molar-refractivity contribution in [2.24, 2.45) is 0 Å². The molecule has 7 nitrogen and oxygen atoms in total. The van der Waals surface area contributed by atoms with Gasteiger partial charge in [-0.05, 0) is 31.9 Å². The number of carbonyl (C=O) groups is 3. The fourth-order valence-electron chi connectivity index (χ4n) is 2.65. The van der Waals surface area contributed by atoms with Gasteiger partial charge in [-0.1, -0.05) is 18.2 Å². The number of nitrogens with one attached hydrogen (secondary N) is 2. The van der Waals surface area contributed by atoms with Crippen LogP contribution in [0.1, 0.15) is 41.7 Å². The van der Waals surface area contributed by atoms with Crippen molar-refractivity contribution in [1.82, 2.24) is 15.6 Å². The smallest absolute Gasteiger partial charge is 0.339 e. The van der Waals surface area contributed by atoms with E-state index in [9.17, 15) is 14.4 Å².